The van der Waals surface area contributed by atoms with E-state index in [9.17, 15) is 34.8 Å². The van der Waals surface area contributed by atoms with Crippen molar-refractivity contribution in [2.24, 2.45) is 5.41 Å². The lowest BCUT2D eigenvalue weighted by Gasteiger charge is -2.40. The summed E-state index contributed by atoms with van der Waals surface area (Å²) in [5.41, 5.74) is 1.26. The summed E-state index contributed by atoms with van der Waals surface area (Å²) in [6, 6.07) is 6.04. The number of pyridine rings is 1. The molecule has 0 aromatic carbocycles. The molecule has 1 unspecified atom stereocenters. The summed E-state index contributed by atoms with van der Waals surface area (Å²) >= 11 is 0. The molecule has 3 heterocycles. The van der Waals surface area contributed by atoms with Gasteiger partial charge in [-0.1, -0.05) is 6.07 Å². The molecule has 2 N–H and O–H groups in total. The fourth-order valence-corrected chi connectivity index (χ4v) is 6.14. The molecule has 0 radical (unpaired) electrons. The molecule has 210 valence electrons. The predicted octanol–water partition coefficient (Wildman–Crippen LogP) is 3.13. The van der Waals surface area contributed by atoms with Crippen molar-refractivity contribution in [2.75, 3.05) is 26.2 Å². The minimum absolute atomic E-state index is 0.0779. The normalized spacial score (nSPS) is 23.0. The first kappa shape index (κ1) is 30.8. The van der Waals surface area contributed by atoms with Crippen LogP contribution >= 0.6 is 0 Å². The van der Waals surface area contributed by atoms with E-state index in [2.05, 4.69) is 16.0 Å². The highest BCUT2D eigenvalue weighted by Crippen LogP contribution is 2.42. The van der Waals surface area contributed by atoms with Crippen LogP contribution in [0.1, 0.15) is 37.8 Å². The molecule has 3 fully saturated rings. The fourth-order valence-electron chi connectivity index (χ4n) is 4.19. The highest BCUT2D eigenvalue weighted by Gasteiger charge is 2.48. The summed E-state index contributed by atoms with van der Waals surface area (Å²) in [6.45, 7) is 4.41. The van der Waals surface area contributed by atoms with Crippen LogP contribution in [0.4, 0.5) is 26.3 Å². The summed E-state index contributed by atoms with van der Waals surface area (Å²) in [6.07, 6.45) is -3.28. The standard InChI is InChI=1S/C17H25N3O2S.2C2HF3O2/c21-23(22,16-5-6-16)20-11-8-17(14-20)7-3-10-19(13-17)12-15-4-1-2-9-18-15;2*3-2(4,5)1(6)7/h1-2,4,9,16H,3,5-8,10-14H2;2*(H,6,7). The summed E-state index contributed by atoms with van der Waals surface area (Å²) in [7, 11) is -3.01. The molecule has 4 rings (SSSR count). The van der Waals surface area contributed by atoms with E-state index in [0.29, 0.717) is 0 Å². The second-order valence-electron chi connectivity index (χ2n) is 9.07. The number of rotatable bonds is 4. The third-order valence-corrected chi connectivity index (χ3v) is 8.39. The Kier molecular flexibility index (Phi) is 9.93. The Balaban J connectivity index is 0.000000286. The van der Waals surface area contributed by atoms with Gasteiger partial charge in [-0.25, -0.2) is 22.3 Å². The summed E-state index contributed by atoms with van der Waals surface area (Å²) in [5.74, 6) is -5.51. The van der Waals surface area contributed by atoms with Gasteiger partial charge in [-0.15, -0.1) is 0 Å². The Morgan fingerprint density at radius 1 is 0.973 bits per heavy atom. The van der Waals surface area contributed by atoms with E-state index >= 15 is 0 Å². The Bertz CT molecular complexity index is 1010. The first-order valence-corrected chi connectivity index (χ1v) is 12.7. The van der Waals surface area contributed by atoms with Crippen LogP contribution in [0.5, 0.6) is 0 Å². The second-order valence-corrected chi connectivity index (χ2v) is 11.3. The molecule has 1 atom stereocenters. The molecular weight excluding hydrogens is 536 g/mol. The molecule has 2 aliphatic heterocycles. The molecule has 37 heavy (non-hydrogen) atoms. The number of carbonyl (C=O) groups is 2. The van der Waals surface area contributed by atoms with Crippen molar-refractivity contribution in [3.8, 4) is 0 Å². The minimum atomic E-state index is -5.08. The van der Waals surface area contributed by atoms with Crippen LogP contribution in [0.2, 0.25) is 0 Å². The number of halogens is 6. The number of carboxylic acid groups (broad SMARTS) is 2. The molecule has 1 aromatic heterocycles. The van der Waals surface area contributed by atoms with Crippen molar-refractivity contribution in [2.45, 2.75) is 56.3 Å². The SMILES string of the molecule is O=C(O)C(F)(F)F.O=C(O)C(F)(F)F.O=S(=O)(C1CC1)N1CCC2(CCCN(Cc3ccccn3)C2)C1. The van der Waals surface area contributed by atoms with Gasteiger partial charge in [0, 0.05) is 32.4 Å². The van der Waals surface area contributed by atoms with Gasteiger partial charge < -0.3 is 10.2 Å². The first-order chi connectivity index (χ1) is 17.0. The van der Waals surface area contributed by atoms with Crippen molar-refractivity contribution >= 4 is 22.0 Å². The van der Waals surface area contributed by atoms with Gasteiger partial charge in [-0.2, -0.15) is 26.3 Å². The van der Waals surface area contributed by atoms with E-state index in [1.807, 2.05) is 18.3 Å². The number of carboxylic acids is 2. The number of alkyl halides is 6. The molecule has 9 nitrogen and oxygen atoms in total. The van der Waals surface area contributed by atoms with Crippen LogP contribution in [-0.2, 0) is 26.2 Å². The quantitative estimate of drug-likeness (QED) is 0.535. The molecule has 1 saturated carbocycles. The number of piperidine rings is 1. The van der Waals surface area contributed by atoms with E-state index < -0.39 is 34.3 Å². The van der Waals surface area contributed by atoms with Crippen molar-refractivity contribution in [1.82, 2.24) is 14.2 Å². The highest BCUT2D eigenvalue weighted by molar-refractivity contribution is 7.90. The van der Waals surface area contributed by atoms with Gasteiger partial charge in [0.2, 0.25) is 10.0 Å². The van der Waals surface area contributed by atoms with Crippen LogP contribution in [0.3, 0.4) is 0 Å². The number of likely N-dealkylation sites (tertiary alicyclic amines) is 1. The molecule has 1 aromatic rings. The van der Waals surface area contributed by atoms with Crippen LogP contribution in [0.25, 0.3) is 0 Å². The number of sulfonamides is 1. The largest absolute Gasteiger partial charge is 0.490 e. The maximum Gasteiger partial charge on any atom is 0.490 e. The van der Waals surface area contributed by atoms with Crippen LogP contribution in [0.15, 0.2) is 24.4 Å². The van der Waals surface area contributed by atoms with E-state index in [4.69, 9.17) is 19.8 Å². The van der Waals surface area contributed by atoms with Gasteiger partial charge in [0.1, 0.15) is 0 Å². The Hall–Kier alpha value is -2.46. The van der Waals surface area contributed by atoms with Gasteiger partial charge in [0.25, 0.3) is 0 Å². The highest BCUT2D eigenvalue weighted by atomic mass is 32.2. The molecule has 16 heteroatoms. The topological polar surface area (TPSA) is 128 Å². The van der Waals surface area contributed by atoms with Crippen LogP contribution in [0, 0.1) is 5.41 Å². The smallest absolute Gasteiger partial charge is 0.475 e. The molecular formula is C21H27F6N3O6S. The van der Waals surface area contributed by atoms with Crippen LogP contribution < -0.4 is 0 Å². The number of aromatic nitrogens is 1. The maximum atomic E-state index is 12.5. The van der Waals surface area contributed by atoms with Crippen LogP contribution in [-0.4, -0.2) is 88.5 Å². The lowest BCUT2D eigenvalue weighted by molar-refractivity contribution is -0.193. The zero-order valence-electron chi connectivity index (χ0n) is 19.5. The predicted molar refractivity (Wildman–Crippen MR) is 117 cm³/mol. The summed E-state index contributed by atoms with van der Waals surface area (Å²) in [4.78, 5) is 24.7. The molecule has 1 spiro atoms. The Labute approximate surface area is 209 Å². The van der Waals surface area contributed by atoms with Gasteiger partial charge in [0.15, 0.2) is 0 Å². The second kappa shape index (κ2) is 11.9. The van der Waals surface area contributed by atoms with E-state index in [1.54, 1.807) is 4.31 Å². The van der Waals surface area contributed by atoms with Gasteiger partial charge in [0.05, 0.1) is 10.9 Å². The van der Waals surface area contributed by atoms with E-state index in [-0.39, 0.29) is 10.7 Å². The van der Waals surface area contributed by atoms with E-state index in [0.717, 1.165) is 70.5 Å². The zero-order chi connectivity index (χ0) is 28.1. The maximum absolute atomic E-state index is 12.5. The van der Waals surface area contributed by atoms with E-state index in [1.165, 1.54) is 0 Å². The summed E-state index contributed by atoms with van der Waals surface area (Å²) in [5, 5.41) is 14.2. The van der Waals surface area contributed by atoms with Gasteiger partial charge in [-0.3, -0.25) is 9.88 Å². The molecule has 1 aliphatic carbocycles. The third kappa shape index (κ3) is 9.41. The third-order valence-electron chi connectivity index (χ3n) is 6.05. The minimum Gasteiger partial charge on any atom is -0.475 e. The first-order valence-electron chi connectivity index (χ1n) is 11.2. The number of nitrogens with zero attached hydrogens (tertiary/aromatic N) is 3. The molecule has 0 bridgehead atoms. The molecule has 3 aliphatic rings. The van der Waals surface area contributed by atoms with Crippen molar-refractivity contribution in [1.29, 1.82) is 0 Å². The molecule has 0 amide bonds. The summed E-state index contributed by atoms with van der Waals surface area (Å²) < 4.78 is 90.3. The Morgan fingerprint density at radius 2 is 1.54 bits per heavy atom. The monoisotopic (exact) mass is 563 g/mol. The fraction of sp³-hybridized carbons (Fsp3) is 0.667. The zero-order valence-corrected chi connectivity index (χ0v) is 20.3. The van der Waals surface area contributed by atoms with Crippen molar-refractivity contribution in [3.05, 3.63) is 30.1 Å². The lowest BCUT2D eigenvalue weighted by Crippen LogP contribution is -2.45. The average molecular weight is 564 g/mol. The van der Waals surface area contributed by atoms with Gasteiger partial charge >= 0.3 is 24.3 Å². The van der Waals surface area contributed by atoms with Crippen molar-refractivity contribution in [3.63, 3.8) is 0 Å². The number of hydrogen-bond acceptors (Lipinski definition) is 6. The van der Waals surface area contributed by atoms with Gasteiger partial charge in [-0.05, 0) is 56.2 Å². The number of aliphatic carboxylic acids is 2. The number of hydrogen-bond donors (Lipinski definition) is 2. The average Bonchev–Trinajstić information content (AvgIpc) is 3.57. The lowest BCUT2D eigenvalue weighted by atomic mass is 9.79. The Morgan fingerprint density at radius 3 is 2.00 bits per heavy atom. The molecule has 2 saturated heterocycles. The van der Waals surface area contributed by atoms with Crippen molar-refractivity contribution < 1.29 is 54.6 Å².